The lowest BCUT2D eigenvalue weighted by Crippen LogP contribution is -2.00. The summed E-state index contributed by atoms with van der Waals surface area (Å²) >= 11 is 0. The fourth-order valence-corrected chi connectivity index (χ4v) is 6.93. The second-order valence-electron chi connectivity index (χ2n) is 11.9. The molecule has 5 heteroatoms. The molecule has 7 aromatic carbocycles. The zero-order chi connectivity index (χ0) is 31.6. The number of hydrogen-bond donors (Lipinski definition) is 0. The Labute approximate surface area is 274 Å². The molecule has 0 N–H and O–H groups in total. The molecule has 0 bridgehead atoms. The Balaban J connectivity index is 1.30. The molecule has 10 rings (SSSR count). The van der Waals surface area contributed by atoms with E-state index in [-0.39, 0.29) is 0 Å². The van der Waals surface area contributed by atoms with Gasteiger partial charge >= 0.3 is 0 Å². The quantitative estimate of drug-likeness (QED) is 0.197. The zero-order valence-electron chi connectivity index (χ0n) is 25.6. The molecule has 0 aliphatic heterocycles. The molecular formula is C43H25N3O2. The van der Waals surface area contributed by atoms with Crippen molar-refractivity contribution in [3.05, 3.63) is 152 Å². The van der Waals surface area contributed by atoms with Gasteiger partial charge in [0.25, 0.3) is 0 Å². The lowest BCUT2D eigenvalue weighted by atomic mass is 9.92. The van der Waals surface area contributed by atoms with Crippen molar-refractivity contribution >= 4 is 54.6 Å². The number of para-hydroxylation sites is 2. The van der Waals surface area contributed by atoms with Gasteiger partial charge in [0.15, 0.2) is 17.5 Å². The Morgan fingerprint density at radius 3 is 1.48 bits per heavy atom. The van der Waals surface area contributed by atoms with E-state index in [4.69, 9.17) is 23.8 Å². The first-order chi connectivity index (χ1) is 23.8. The Bertz CT molecular complexity index is 2780. The summed E-state index contributed by atoms with van der Waals surface area (Å²) in [7, 11) is 0. The number of hydrogen-bond acceptors (Lipinski definition) is 5. The Morgan fingerprint density at radius 1 is 0.354 bits per heavy atom. The molecule has 3 heterocycles. The molecule has 10 aromatic rings. The standard InChI is InChI=1S/C43H25N3O2/c1-3-13-26(14-4-1)41-44-42(27-15-5-2-6-16-27)46-43(45-41)33-24-23-30(40-37(33)31-19-9-11-21-35(31)48-40)34-25-28-17-7-8-18-29(28)39-38(34)32-20-10-12-22-36(32)47-39/h1-25H. The maximum Gasteiger partial charge on any atom is 0.164 e. The summed E-state index contributed by atoms with van der Waals surface area (Å²) in [5, 5.41) is 6.28. The molecule has 3 aromatic heterocycles. The summed E-state index contributed by atoms with van der Waals surface area (Å²) < 4.78 is 13.3. The molecule has 0 spiro atoms. The van der Waals surface area contributed by atoms with Crippen molar-refractivity contribution in [1.82, 2.24) is 15.0 Å². The van der Waals surface area contributed by atoms with E-state index in [2.05, 4.69) is 60.7 Å². The highest BCUT2D eigenvalue weighted by Crippen LogP contribution is 2.46. The topological polar surface area (TPSA) is 65.0 Å². The molecule has 0 amide bonds. The van der Waals surface area contributed by atoms with E-state index < -0.39 is 0 Å². The maximum absolute atomic E-state index is 6.78. The van der Waals surface area contributed by atoms with Crippen LogP contribution in [0.5, 0.6) is 0 Å². The van der Waals surface area contributed by atoms with Gasteiger partial charge in [0, 0.05) is 49.2 Å². The van der Waals surface area contributed by atoms with Gasteiger partial charge in [-0.05, 0) is 41.3 Å². The van der Waals surface area contributed by atoms with Gasteiger partial charge in [-0.1, -0.05) is 121 Å². The van der Waals surface area contributed by atoms with Gasteiger partial charge < -0.3 is 8.83 Å². The average Bonchev–Trinajstić information content (AvgIpc) is 3.75. The summed E-state index contributed by atoms with van der Waals surface area (Å²) in [5.74, 6) is 1.82. The first-order valence-corrected chi connectivity index (χ1v) is 15.9. The molecule has 0 saturated heterocycles. The Morgan fingerprint density at radius 2 is 0.833 bits per heavy atom. The van der Waals surface area contributed by atoms with Crippen LogP contribution in [-0.2, 0) is 0 Å². The number of rotatable bonds is 4. The number of fused-ring (bicyclic) bond motifs is 8. The highest BCUT2D eigenvalue weighted by Gasteiger charge is 2.23. The fraction of sp³-hybridized carbons (Fsp3) is 0. The van der Waals surface area contributed by atoms with Crippen LogP contribution in [0.1, 0.15) is 0 Å². The molecule has 0 unspecified atom stereocenters. The number of nitrogens with zero attached hydrogens (tertiary/aromatic N) is 3. The van der Waals surface area contributed by atoms with Crippen LogP contribution in [-0.4, -0.2) is 15.0 Å². The van der Waals surface area contributed by atoms with Crippen molar-refractivity contribution in [2.24, 2.45) is 0 Å². The van der Waals surface area contributed by atoms with Gasteiger partial charge in [-0.25, -0.2) is 15.0 Å². The number of furan rings is 2. The van der Waals surface area contributed by atoms with Gasteiger partial charge in [-0.15, -0.1) is 0 Å². The van der Waals surface area contributed by atoms with Crippen LogP contribution in [0.15, 0.2) is 160 Å². The second-order valence-corrected chi connectivity index (χ2v) is 11.9. The minimum absolute atomic E-state index is 0.586. The predicted molar refractivity (Wildman–Crippen MR) is 194 cm³/mol. The molecule has 0 saturated carbocycles. The summed E-state index contributed by atoms with van der Waals surface area (Å²) in [6.07, 6.45) is 0. The van der Waals surface area contributed by atoms with Crippen LogP contribution < -0.4 is 0 Å². The highest BCUT2D eigenvalue weighted by molar-refractivity contribution is 6.24. The van der Waals surface area contributed by atoms with E-state index in [1.165, 1.54) is 0 Å². The van der Waals surface area contributed by atoms with Crippen LogP contribution in [0, 0.1) is 0 Å². The molecule has 0 fully saturated rings. The Kier molecular flexibility index (Phi) is 5.81. The summed E-state index contributed by atoms with van der Waals surface area (Å²) in [6.45, 7) is 0. The normalized spacial score (nSPS) is 11.8. The minimum Gasteiger partial charge on any atom is -0.455 e. The van der Waals surface area contributed by atoms with Crippen molar-refractivity contribution < 1.29 is 8.83 Å². The van der Waals surface area contributed by atoms with Crippen LogP contribution in [0.2, 0.25) is 0 Å². The first kappa shape index (κ1) is 26.6. The van der Waals surface area contributed by atoms with Crippen LogP contribution in [0.4, 0.5) is 0 Å². The number of benzene rings is 7. The van der Waals surface area contributed by atoms with E-state index in [1.807, 2.05) is 91.0 Å². The molecule has 5 nitrogen and oxygen atoms in total. The SMILES string of the molecule is c1ccc(-c2nc(-c3ccccc3)nc(-c3ccc(-c4cc5ccccc5c5oc6ccccc6c45)c4oc5ccccc5c34)n2)cc1. The van der Waals surface area contributed by atoms with Crippen LogP contribution >= 0.6 is 0 Å². The second kappa shape index (κ2) is 10.5. The number of aromatic nitrogens is 3. The predicted octanol–water partition coefficient (Wildman–Crippen LogP) is 11.5. The monoisotopic (exact) mass is 615 g/mol. The summed E-state index contributed by atoms with van der Waals surface area (Å²) in [5.41, 5.74) is 8.06. The molecule has 0 aliphatic carbocycles. The zero-order valence-corrected chi connectivity index (χ0v) is 25.6. The summed E-state index contributed by atoms with van der Waals surface area (Å²) in [6, 6.07) is 51.4. The van der Waals surface area contributed by atoms with E-state index in [0.29, 0.717) is 17.5 Å². The van der Waals surface area contributed by atoms with E-state index in [1.54, 1.807) is 0 Å². The fourth-order valence-electron chi connectivity index (χ4n) is 6.93. The van der Waals surface area contributed by atoms with Crippen molar-refractivity contribution in [3.63, 3.8) is 0 Å². The third kappa shape index (κ3) is 4.08. The summed E-state index contributed by atoms with van der Waals surface area (Å²) in [4.78, 5) is 15.1. The van der Waals surface area contributed by atoms with Gasteiger partial charge in [0.1, 0.15) is 22.3 Å². The molecule has 224 valence electrons. The lowest BCUT2D eigenvalue weighted by Gasteiger charge is -2.12. The van der Waals surface area contributed by atoms with Gasteiger partial charge in [0.05, 0.1) is 0 Å². The highest BCUT2D eigenvalue weighted by atomic mass is 16.3. The molecule has 0 atom stereocenters. The third-order valence-corrected chi connectivity index (χ3v) is 9.13. The smallest absolute Gasteiger partial charge is 0.164 e. The van der Waals surface area contributed by atoms with Gasteiger partial charge in [-0.2, -0.15) is 0 Å². The minimum atomic E-state index is 0.586. The van der Waals surface area contributed by atoms with Gasteiger partial charge in [-0.3, -0.25) is 0 Å². The molecule has 48 heavy (non-hydrogen) atoms. The van der Waals surface area contributed by atoms with Crippen molar-refractivity contribution in [3.8, 4) is 45.3 Å². The van der Waals surface area contributed by atoms with E-state index in [0.717, 1.165) is 82.5 Å². The van der Waals surface area contributed by atoms with Gasteiger partial charge in [0.2, 0.25) is 0 Å². The lowest BCUT2D eigenvalue weighted by molar-refractivity contribution is 0.670. The maximum atomic E-state index is 6.78. The largest absolute Gasteiger partial charge is 0.455 e. The Hall–Kier alpha value is -6.59. The first-order valence-electron chi connectivity index (χ1n) is 15.9. The molecule has 0 radical (unpaired) electrons. The van der Waals surface area contributed by atoms with Crippen molar-refractivity contribution in [2.75, 3.05) is 0 Å². The average molecular weight is 616 g/mol. The van der Waals surface area contributed by atoms with E-state index >= 15 is 0 Å². The van der Waals surface area contributed by atoms with E-state index in [9.17, 15) is 0 Å². The molecule has 0 aliphatic rings. The van der Waals surface area contributed by atoms with Crippen molar-refractivity contribution in [2.45, 2.75) is 0 Å². The van der Waals surface area contributed by atoms with Crippen LogP contribution in [0.3, 0.4) is 0 Å². The third-order valence-electron chi connectivity index (χ3n) is 9.13. The molecular weight excluding hydrogens is 590 g/mol. The van der Waals surface area contributed by atoms with Crippen molar-refractivity contribution in [1.29, 1.82) is 0 Å². The van der Waals surface area contributed by atoms with Crippen LogP contribution in [0.25, 0.3) is 99.9 Å².